The number of anilines is 2. The first kappa shape index (κ1) is 12.3. The predicted molar refractivity (Wildman–Crippen MR) is 71.0 cm³/mol. The molecule has 1 aromatic carbocycles. The molecule has 0 saturated heterocycles. The number of nitrogens with zero attached hydrogens (tertiary/aromatic N) is 5. The van der Waals surface area contributed by atoms with Crippen LogP contribution in [-0.2, 0) is 13.6 Å². The zero-order chi connectivity index (χ0) is 13.0. The molecule has 0 aliphatic heterocycles. The number of hydrogen-bond donors (Lipinski definition) is 1. The van der Waals surface area contributed by atoms with E-state index in [0.717, 1.165) is 24.3 Å². The van der Waals surface area contributed by atoms with Crippen molar-refractivity contribution in [1.82, 2.24) is 20.2 Å². The summed E-state index contributed by atoms with van der Waals surface area (Å²) in [6.45, 7) is 3.72. The van der Waals surface area contributed by atoms with Crippen LogP contribution < -0.4 is 10.6 Å². The maximum absolute atomic E-state index is 5.82. The standard InChI is InChI=1S/C12H18N6/c1-3-7-18(9-12-14-16-17(2)15-12)11-6-4-5-10(13)8-11/h4-6,8H,3,7,9,13H2,1-2H3. The zero-order valence-corrected chi connectivity index (χ0v) is 10.7. The normalized spacial score (nSPS) is 10.6. The molecule has 2 N–H and O–H groups in total. The third-order valence-electron chi connectivity index (χ3n) is 2.61. The molecule has 18 heavy (non-hydrogen) atoms. The van der Waals surface area contributed by atoms with E-state index >= 15 is 0 Å². The Balaban J connectivity index is 2.17. The molecular weight excluding hydrogens is 228 g/mol. The smallest absolute Gasteiger partial charge is 0.193 e. The van der Waals surface area contributed by atoms with E-state index in [1.165, 1.54) is 4.80 Å². The number of rotatable bonds is 5. The lowest BCUT2D eigenvalue weighted by molar-refractivity contribution is 0.626. The maximum Gasteiger partial charge on any atom is 0.193 e. The van der Waals surface area contributed by atoms with E-state index in [9.17, 15) is 0 Å². The van der Waals surface area contributed by atoms with Gasteiger partial charge in [0.15, 0.2) is 5.82 Å². The Kier molecular flexibility index (Phi) is 3.76. The van der Waals surface area contributed by atoms with Crippen molar-refractivity contribution in [3.63, 3.8) is 0 Å². The number of aromatic nitrogens is 4. The minimum Gasteiger partial charge on any atom is -0.399 e. The van der Waals surface area contributed by atoms with Crippen molar-refractivity contribution in [2.75, 3.05) is 17.2 Å². The topological polar surface area (TPSA) is 72.9 Å². The highest BCUT2D eigenvalue weighted by atomic mass is 15.6. The Morgan fingerprint density at radius 2 is 2.22 bits per heavy atom. The summed E-state index contributed by atoms with van der Waals surface area (Å²) in [7, 11) is 1.77. The van der Waals surface area contributed by atoms with Gasteiger partial charge in [-0.3, -0.25) is 0 Å². The van der Waals surface area contributed by atoms with Crippen molar-refractivity contribution in [2.45, 2.75) is 19.9 Å². The minimum atomic E-state index is 0.644. The highest BCUT2D eigenvalue weighted by Gasteiger charge is 2.10. The van der Waals surface area contributed by atoms with Gasteiger partial charge < -0.3 is 10.6 Å². The van der Waals surface area contributed by atoms with Crippen LogP contribution in [-0.4, -0.2) is 26.8 Å². The minimum absolute atomic E-state index is 0.644. The third kappa shape index (κ3) is 2.97. The van der Waals surface area contributed by atoms with Gasteiger partial charge in [-0.25, -0.2) is 0 Å². The number of aryl methyl sites for hydroxylation is 1. The molecule has 0 radical (unpaired) electrons. The molecule has 0 unspecified atom stereocenters. The molecule has 1 heterocycles. The van der Waals surface area contributed by atoms with E-state index < -0.39 is 0 Å². The van der Waals surface area contributed by atoms with Gasteiger partial charge in [-0.1, -0.05) is 13.0 Å². The molecule has 6 nitrogen and oxygen atoms in total. The third-order valence-corrected chi connectivity index (χ3v) is 2.61. The predicted octanol–water partition coefficient (Wildman–Crippen LogP) is 1.21. The second-order valence-corrected chi connectivity index (χ2v) is 4.21. The van der Waals surface area contributed by atoms with Gasteiger partial charge in [0, 0.05) is 17.9 Å². The lowest BCUT2D eigenvalue weighted by atomic mass is 10.2. The van der Waals surface area contributed by atoms with Crippen LogP contribution >= 0.6 is 0 Å². The maximum atomic E-state index is 5.82. The molecule has 0 amide bonds. The first-order valence-corrected chi connectivity index (χ1v) is 6.02. The van der Waals surface area contributed by atoms with Crippen molar-refractivity contribution < 1.29 is 0 Å². The lowest BCUT2D eigenvalue weighted by Crippen LogP contribution is -2.24. The van der Waals surface area contributed by atoms with Gasteiger partial charge in [-0.2, -0.15) is 4.80 Å². The molecule has 2 aromatic rings. The van der Waals surface area contributed by atoms with E-state index in [1.54, 1.807) is 7.05 Å². The quantitative estimate of drug-likeness (QED) is 0.803. The first-order valence-electron chi connectivity index (χ1n) is 6.02. The lowest BCUT2D eigenvalue weighted by Gasteiger charge is -2.22. The number of nitrogens with two attached hydrogens (primary N) is 1. The summed E-state index contributed by atoms with van der Waals surface area (Å²) in [5.74, 6) is 0.716. The van der Waals surface area contributed by atoms with E-state index in [2.05, 4.69) is 27.2 Å². The SMILES string of the molecule is CCCN(Cc1nnn(C)n1)c1cccc(N)c1. The summed E-state index contributed by atoms with van der Waals surface area (Å²) in [6, 6.07) is 7.85. The molecule has 6 heteroatoms. The number of nitrogen functional groups attached to an aromatic ring is 1. The molecule has 0 fully saturated rings. The number of benzene rings is 1. The van der Waals surface area contributed by atoms with Gasteiger partial charge in [0.1, 0.15) is 0 Å². The molecule has 0 bridgehead atoms. The van der Waals surface area contributed by atoms with Crippen LogP contribution in [0.2, 0.25) is 0 Å². The van der Waals surface area contributed by atoms with Crippen LogP contribution in [0.3, 0.4) is 0 Å². The van der Waals surface area contributed by atoms with Crippen LogP contribution in [0, 0.1) is 0 Å². The Morgan fingerprint density at radius 1 is 1.39 bits per heavy atom. The van der Waals surface area contributed by atoms with Gasteiger partial charge in [0.2, 0.25) is 0 Å². The average molecular weight is 246 g/mol. The molecule has 0 atom stereocenters. The fourth-order valence-corrected chi connectivity index (χ4v) is 1.85. The average Bonchev–Trinajstić information content (AvgIpc) is 2.74. The van der Waals surface area contributed by atoms with E-state index in [-0.39, 0.29) is 0 Å². The fraction of sp³-hybridized carbons (Fsp3) is 0.417. The van der Waals surface area contributed by atoms with Crippen molar-refractivity contribution in [3.8, 4) is 0 Å². The molecule has 2 rings (SSSR count). The Bertz CT molecular complexity index is 507. The van der Waals surface area contributed by atoms with Crippen LogP contribution in [0.15, 0.2) is 24.3 Å². The summed E-state index contributed by atoms with van der Waals surface area (Å²) < 4.78 is 0. The van der Waals surface area contributed by atoms with Gasteiger partial charge in [-0.05, 0) is 29.8 Å². The summed E-state index contributed by atoms with van der Waals surface area (Å²) in [4.78, 5) is 3.67. The van der Waals surface area contributed by atoms with E-state index in [4.69, 9.17) is 5.73 Å². The zero-order valence-electron chi connectivity index (χ0n) is 10.7. The van der Waals surface area contributed by atoms with Crippen molar-refractivity contribution in [3.05, 3.63) is 30.1 Å². The molecule has 0 aliphatic rings. The Labute approximate surface area is 106 Å². The summed E-state index contributed by atoms with van der Waals surface area (Å²) in [6.07, 6.45) is 1.05. The monoisotopic (exact) mass is 246 g/mol. The van der Waals surface area contributed by atoms with Crippen LogP contribution in [0.25, 0.3) is 0 Å². The van der Waals surface area contributed by atoms with Crippen molar-refractivity contribution in [2.24, 2.45) is 7.05 Å². The van der Waals surface area contributed by atoms with E-state index in [1.807, 2.05) is 24.3 Å². The van der Waals surface area contributed by atoms with Crippen LogP contribution in [0.4, 0.5) is 11.4 Å². The van der Waals surface area contributed by atoms with Crippen LogP contribution in [0.1, 0.15) is 19.2 Å². The molecule has 0 saturated carbocycles. The van der Waals surface area contributed by atoms with Crippen LogP contribution in [0.5, 0.6) is 0 Å². The van der Waals surface area contributed by atoms with Gasteiger partial charge in [0.25, 0.3) is 0 Å². The fourth-order valence-electron chi connectivity index (χ4n) is 1.85. The highest BCUT2D eigenvalue weighted by Crippen LogP contribution is 2.19. The Hall–Kier alpha value is -2.11. The van der Waals surface area contributed by atoms with Crippen molar-refractivity contribution >= 4 is 11.4 Å². The number of hydrogen-bond acceptors (Lipinski definition) is 5. The second-order valence-electron chi connectivity index (χ2n) is 4.21. The Morgan fingerprint density at radius 3 is 2.83 bits per heavy atom. The largest absolute Gasteiger partial charge is 0.399 e. The summed E-state index contributed by atoms with van der Waals surface area (Å²) in [5.41, 5.74) is 7.67. The number of tetrazole rings is 1. The summed E-state index contributed by atoms with van der Waals surface area (Å²) >= 11 is 0. The van der Waals surface area contributed by atoms with E-state index in [0.29, 0.717) is 12.4 Å². The van der Waals surface area contributed by atoms with Crippen molar-refractivity contribution in [1.29, 1.82) is 0 Å². The second kappa shape index (κ2) is 5.48. The first-order chi connectivity index (χ1) is 8.69. The molecule has 1 aromatic heterocycles. The van der Waals surface area contributed by atoms with Gasteiger partial charge >= 0.3 is 0 Å². The van der Waals surface area contributed by atoms with Gasteiger partial charge in [0.05, 0.1) is 13.6 Å². The molecule has 0 spiro atoms. The molecular formula is C12H18N6. The highest BCUT2D eigenvalue weighted by molar-refractivity contribution is 5.55. The summed E-state index contributed by atoms with van der Waals surface area (Å²) in [5, 5.41) is 12.1. The molecule has 96 valence electrons. The van der Waals surface area contributed by atoms with Gasteiger partial charge in [-0.15, -0.1) is 10.2 Å². The molecule has 0 aliphatic carbocycles.